The number of allylic oxidation sites excluding steroid dienone is 16. The molecule has 3 N–H and O–H groups in total. The molecule has 9 nitrogen and oxygen atoms in total. The van der Waals surface area contributed by atoms with Gasteiger partial charge < -0.3 is 20.1 Å². The summed E-state index contributed by atoms with van der Waals surface area (Å²) in [4.78, 5) is 35.4. The Labute approximate surface area is 537 Å². The van der Waals surface area contributed by atoms with Gasteiger partial charge in [0.25, 0.3) is 0 Å². The monoisotopic (exact) mass is 1240 g/mol. The van der Waals surface area contributed by atoms with E-state index in [4.69, 9.17) is 24.3 Å². The fourth-order valence-corrected chi connectivity index (χ4v) is 11.4. The van der Waals surface area contributed by atoms with Crippen LogP contribution in [0, 0.1) is 0 Å². The van der Waals surface area contributed by atoms with E-state index in [9.17, 15) is 19.0 Å². The second-order valence-electron chi connectivity index (χ2n) is 24.4. The molecule has 87 heavy (non-hydrogen) atoms. The van der Waals surface area contributed by atoms with E-state index in [1.807, 2.05) is 0 Å². The SMILES string of the molecule is CC/C=C\C/C=C\C/C=C\C/C=C\C/C=C\C/C=C\C/C=C\C/C=C\CCCCCCCCC(=O)OC(COC(=O)CCCCCCCCCCCCCCCCCCCCCCCCCCCCCCCCCCCCC)COP(=O)(O)OCCN. The molecule has 0 aliphatic heterocycles. The first-order chi connectivity index (χ1) is 42.8. The van der Waals surface area contributed by atoms with Crippen molar-refractivity contribution >= 4 is 19.8 Å². The van der Waals surface area contributed by atoms with Gasteiger partial charge in [-0.1, -0.05) is 355 Å². The third-order valence-corrected chi connectivity index (χ3v) is 17.0. The number of rotatable bonds is 69. The molecule has 0 heterocycles. The van der Waals surface area contributed by atoms with Crippen LogP contribution in [0.4, 0.5) is 0 Å². The van der Waals surface area contributed by atoms with Gasteiger partial charge in [0.1, 0.15) is 6.61 Å². The number of hydrogen-bond acceptors (Lipinski definition) is 8. The fraction of sp³-hybridized carbons (Fsp3) is 0.766. The van der Waals surface area contributed by atoms with Crippen LogP contribution in [0.25, 0.3) is 0 Å². The number of hydrogen-bond donors (Lipinski definition) is 2. The average Bonchev–Trinajstić information content (AvgIpc) is 3.66. The number of ether oxygens (including phenoxy) is 2. The van der Waals surface area contributed by atoms with E-state index in [-0.39, 0.29) is 38.6 Å². The lowest BCUT2D eigenvalue weighted by Crippen LogP contribution is -2.29. The first-order valence-corrected chi connectivity index (χ1v) is 38.2. The standard InChI is InChI=1S/C77H138NO8P/c1-3-5-7-9-11-13-15-17-19-21-23-25-27-29-31-33-35-36-37-38-40-41-43-45-47-49-51-53-55-57-59-61-63-65-67-69-76(79)83-73-75(74-85-87(81,82)84-72-71-78)86-77(80)70-68-66-64-62-60-58-56-54-52-50-48-46-44-42-39-34-32-30-28-26-24-22-20-18-16-14-12-10-8-6-4-2/h6,8,12,14,18,20,24,26,30,32,39,42,46,48,52,54,75H,3-5,7,9-11,13,15-17,19,21-23,25,27-29,31,33-38,40-41,43-45,47,49-51,53,55-74,78H2,1-2H3,(H,81,82)/b8-6-,14-12-,20-18-,26-24-,32-30-,42-39-,48-46-,54-52-. The predicted molar refractivity (Wildman–Crippen MR) is 376 cm³/mol. The van der Waals surface area contributed by atoms with E-state index >= 15 is 0 Å². The van der Waals surface area contributed by atoms with E-state index in [1.54, 1.807) is 0 Å². The van der Waals surface area contributed by atoms with Crippen molar-refractivity contribution in [1.82, 2.24) is 0 Å². The summed E-state index contributed by atoms with van der Waals surface area (Å²) in [6.45, 7) is 3.66. The van der Waals surface area contributed by atoms with Crippen molar-refractivity contribution in [3.63, 3.8) is 0 Å². The summed E-state index contributed by atoms with van der Waals surface area (Å²) >= 11 is 0. The quantitative estimate of drug-likeness (QED) is 0.0264. The van der Waals surface area contributed by atoms with Crippen LogP contribution in [-0.2, 0) is 32.7 Å². The number of phosphoric ester groups is 1. The van der Waals surface area contributed by atoms with Gasteiger partial charge in [0.15, 0.2) is 6.10 Å². The fourth-order valence-electron chi connectivity index (χ4n) is 10.6. The van der Waals surface area contributed by atoms with E-state index in [0.717, 1.165) is 109 Å². The Balaban J connectivity index is 3.88. The molecule has 0 aromatic rings. The van der Waals surface area contributed by atoms with Crippen LogP contribution in [-0.4, -0.2) is 49.3 Å². The van der Waals surface area contributed by atoms with Crippen molar-refractivity contribution in [2.45, 2.75) is 354 Å². The molecule has 0 aromatic heterocycles. The zero-order valence-electron chi connectivity index (χ0n) is 56.7. The van der Waals surface area contributed by atoms with Gasteiger partial charge >= 0.3 is 19.8 Å². The van der Waals surface area contributed by atoms with Crippen LogP contribution in [0.2, 0.25) is 0 Å². The van der Waals surface area contributed by atoms with Crippen LogP contribution >= 0.6 is 7.82 Å². The first kappa shape index (κ1) is 83.9. The van der Waals surface area contributed by atoms with Crippen molar-refractivity contribution in [3.8, 4) is 0 Å². The maximum Gasteiger partial charge on any atom is 0.472 e. The summed E-state index contributed by atoms with van der Waals surface area (Å²) in [6, 6.07) is 0. The molecule has 0 aliphatic carbocycles. The van der Waals surface area contributed by atoms with Crippen LogP contribution in [0.3, 0.4) is 0 Å². The molecular formula is C77H138NO8P. The molecule has 10 heteroatoms. The van der Waals surface area contributed by atoms with Crippen molar-refractivity contribution in [2.24, 2.45) is 5.73 Å². The Bertz CT molecular complexity index is 1750. The van der Waals surface area contributed by atoms with E-state index in [2.05, 4.69) is 111 Å². The van der Waals surface area contributed by atoms with Gasteiger partial charge in [0.05, 0.1) is 13.2 Å². The summed E-state index contributed by atoms with van der Waals surface area (Å²) in [5, 5.41) is 0. The molecule has 2 atom stereocenters. The summed E-state index contributed by atoms with van der Waals surface area (Å²) in [5.74, 6) is -0.836. The summed E-state index contributed by atoms with van der Waals surface area (Å²) in [5.41, 5.74) is 5.40. The third-order valence-electron chi connectivity index (χ3n) is 16.0. The van der Waals surface area contributed by atoms with Gasteiger partial charge in [-0.25, -0.2) is 4.57 Å². The zero-order chi connectivity index (χ0) is 63.0. The molecule has 504 valence electrons. The molecule has 0 aromatic carbocycles. The number of esters is 2. The largest absolute Gasteiger partial charge is 0.472 e. The highest BCUT2D eigenvalue weighted by Gasteiger charge is 2.26. The van der Waals surface area contributed by atoms with Gasteiger partial charge in [0.2, 0.25) is 0 Å². The van der Waals surface area contributed by atoms with Crippen LogP contribution < -0.4 is 5.73 Å². The maximum atomic E-state index is 12.8. The maximum absolute atomic E-state index is 12.8. The third kappa shape index (κ3) is 71.9. The highest BCUT2D eigenvalue weighted by molar-refractivity contribution is 7.47. The topological polar surface area (TPSA) is 134 Å². The average molecular weight is 1240 g/mol. The zero-order valence-corrected chi connectivity index (χ0v) is 57.6. The number of phosphoric acid groups is 1. The second-order valence-corrected chi connectivity index (χ2v) is 25.9. The highest BCUT2D eigenvalue weighted by Crippen LogP contribution is 2.43. The normalized spacial score (nSPS) is 13.5. The smallest absolute Gasteiger partial charge is 0.462 e. The lowest BCUT2D eigenvalue weighted by Gasteiger charge is -2.19. The Morgan fingerprint density at radius 1 is 0.356 bits per heavy atom. The lowest BCUT2D eigenvalue weighted by molar-refractivity contribution is -0.161. The van der Waals surface area contributed by atoms with Gasteiger partial charge in [-0.2, -0.15) is 0 Å². The molecule has 0 aliphatic rings. The molecule has 0 rings (SSSR count). The summed E-state index contributed by atoms with van der Waals surface area (Å²) in [6.07, 6.45) is 98.1. The summed E-state index contributed by atoms with van der Waals surface area (Å²) < 4.78 is 33.2. The number of carbonyl (C=O) groups is 2. The van der Waals surface area contributed by atoms with Crippen LogP contribution in [0.5, 0.6) is 0 Å². The van der Waals surface area contributed by atoms with E-state index in [1.165, 1.54) is 205 Å². The lowest BCUT2D eigenvalue weighted by atomic mass is 10.0. The molecule has 0 saturated carbocycles. The molecule has 0 amide bonds. The Morgan fingerprint density at radius 2 is 0.632 bits per heavy atom. The van der Waals surface area contributed by atoms with E-state index < -0.39 is 26.5 Å². The minimum atomic E-state index is -4.40. The molecule has 0 spiro atoms. The molecule has 0 bridgehead atoms. The van der Waals surface area contributed by atoms with Crippen molar-refractivity contribution in [3.05, 3.63) is 97.2 Å². The Hall–Kier alpha value is -3.07. The second kappa shape index (κ2) is 72.0. The minimum Gasteiger partial charge on any atom is -0.462 e. The van der Waals surface area contributed by atoms with E-state index in [0.29, 0.717) is 6.42 Å². The van der Waals surface area contributed by atoms with Gasteiger partial charge in [-0.3, -0.25) is 18.6 Å². The Kier molecular flexibility index (Phi) is 69.5. The molecule has 0 saturated heterocycles. The van der Waals surface area contributed by atoms with Gasteiger partial charge in [-0.05, 0) is 77.0 Å². The molecular weight excluding hydrogens is 1100 g/mol. The number of unbranched alkanes of at least 4 members (excludes halogenated alkanes) is 40. The molecule has 0 fully saturated rings. The number of carbonyl (C=O) groups excluding carboxylic acids is 2. The first-order valence-electron chi connectivity index (χ1n) is 36.7. The van der Waals surface area contributed by atoms with Crippen LogP contribution in [0.15, 0.2) is 97.2 Å². The predicted octanol–water partition coefficient (Wildman–Crippen LogP) is 24.3. The highest BCUT2D eigenvalue weighted by atomic mass is 31.2. The van der Waals surface area contributed by atoms with Crippen molar-refractivity contribution in [1.29, 1.82) is 0 Å². The molecule has 2 unspecified atom stereocenters. The minimum absolute atomic E-state index is 0.0475. The van der Waals surface area contributed by atoms with Crippen molar-refractivity contribution < 1.29 is 37.6 Å². The number of nitrogens with two attached hydrogens (primary N) is 1. The van der Waals surface area contributed by atoms with Gasteiger partial charge in [0, 0.05) is 19.4 Å². The Morgan fingerprint density at radius 3 is 0.943 bits per heavy atom. The van der Waals surface area contributed by atoms with Crippen LogP contribution in [0.1, 0.15) is 348 Å². The summed E-state index contributed by atoms with van der Waals surface area (Å²) in [7, 11) is -4.40. The molecule has 0 radical (unpaired) electrons. The van der Waals surface area contributed by atoms with Gasteiger partial charge in [-0.15, -0.1) is 0 Å². The van der Waals surface area contributed by atoms with Crippen molar-refractivity contribution in [2.75, 3.05) is 26.4 Å².